The Balaban J connectivity index is 0.00000420. The average molecular weight is 530 g/mol. The van der Waals surface area contributed by atoms with E-state index in [9.17, 15) is 13.2 Å². The second-order valence-corrected chi connectivity index (χ2v) is 7.39. The highest BCUT2D eigenvalue weighted by Gasteiger charge is 2.32. The van der Waals surface area contributed by atoms with Gasteiger partial charge < -0.3 is 15.1 Å². The van der Waals surface area contributed by atoms with Crippen LogP contribution in [0.4, 0.5) is 13.2 Å². The van der Waals surface area contributed by atoms with Crippen LogP contribution in [0.3, 0.4) is 0 Å². The number of hydrogen-bond donors (Lipinski definition) is 2. The molecule has 1 aliphatic rings. The highest BCUT2D eigenvalue weighted by molar-refractivity contribution is 14.0. The molecule has 0 saturated carbocycles. The van der Waals surface area contributed by atoms with Gasteiger partial charge in [0.25, 0.3) is 0 Å². The molecule has 1 aromatic heterocycles. The largest absolute Gasteiger partial charge is 0.469 e. The molecule has 2 N–H and O–H groups in total. The van der Waals surface area contributed by atoms with Crippen molar-refractivity contribution in [1.82, 2.24) is 15.5 Å². The molecule has 1 aliphatic heterocycles. The summed E-state index contributed by atoms with van der Waals surface area (Å²) in [7, 11) is 0. The third-order valence-electron chi connectivity index (χ3n) is 4.98. The monoisotopic (exact) mass is 530 g/mol. The maximum atomic E-state index is 12.5. The van der Waals surface area contributed by atoms with Crippen molar-refractivity contribution in [2.24, 2.45) is 10.9 Å². The van der Waals surface area contributed by atoms with E-state index in [1.807, 2.05) is 12.1 Å². The van der Waals surface area contributed by atoms with Crippen molar-refractivity contribution >= 4 is 29.9 Å². The molecule has 0 atom stereocenters. The van der Waals surface area contributed by atoms with Gasteiger partial charge in [0.2, 0.25) is 0 Å². The Labute approximate surface area is 188 Å². The maximum absolute atomic E-state index is 12.5. The van der Waals surface area contributed by atoms with Crippen molar-refractivity contribution in [2.75, 3.05) is 39.3 Å². The van der Waals surface area contributed by atoms with Crippen LogP contribution in [0.5, 0.6) is 0 Å². The molecular formula is C20H34F3IN4O. The van der Waals surface area contributed by atoms with Crippen molar-refractivity contribution in [2.45, 2.75) is 51.6 Å². The summed E-state index contributed by atoms with van der Waals surface area (Å²) in [6.07, 6.45) is 3.11. The zero-order chi connectivity index (χ0) is 20.2. The van der Waals surface area contributed by atoms with Gasteiger partial charge >= 0.3 is 6.18 Å². The van der Waals surface area contributed by atoms with Gasteiger partial charge in [0.1, 0.15) is 5.76 Å². The molecule has 5 nitrogen and oxygen atoms in total. The molecule has 1 fully saturated rings. The number of unbranched alkanes of at least 4 members (excludes halogenated alkanes) is 1. The van der Waals surface area contributed by atoms with Gasteiger partial charge in [-0.05, 0) is 56.8 Å². The summed E-state index contributed by atoms with van der Waals surface area (Å²) in [6, 6.07) is 3.83. The fraction of sp³-hybridized carbons (Fsp3) is 0.750. The summed E-state index contributed by atoms with van der Waals surface area (Å²) in [6.45, 7) is 4.71. The molecule has 0 spiro atoms. The molecule has 29 heavy (non-hydrogen) atoms. The third kappa shape index (κ3) is 11.7. The lowest BCUT2D eigenvalue weighted by Crippen LogP contribution is -2.42. The molecule has 0 bridgehead atoms. The SMILES string of the molecule is CCCCN=C(NCCc1ccco1)NCCC1CCN(CC(F)(F)F)CC1.I. The van der Waals surface area contributed by atoms with Crippen molar-refractivity contribution in [1.29, 1.82) is 0 Å². The first-order chi connectivity index (χ1) is 13.5. The highest BCUT2D eigenvalue weighted by atomic mass is 127. The van der Waals surface area contributed by atoms with Crippen molar-refractivity contribution in [3.63, 3.8) is 0 Å². The van der Waals surface area contributed by atoms with Crippen LogP contribution in [0, 0.1) is 5.92 Å². The number of rotatable bonds is 10. The minimum Gasteiger partial charge on any atom is -0.469 e. The zero-order valence-electron chi connectivity index (χ0n) is 17.1. The number of nitrogens with zero attached hydrogens (tertiary/aromatic N) is 2. The summed E-state index contributed by atoms with van der Waals surface area (Å²) in [5.74, 6) is 2.21. The number of furan rings is 1. The lowest BCUT2D eigenvalue weighted by Gasteiger charge is -2.32. The smallest absolute Gasteiger partial charge is 0.401 e. The fourth-order valence-electron chi connectivity index (χ4n) is 3.36. The van der Waals surface area contributed by atoms with E-state index < -0.39 is 12.7 Å². The Bertz CT molecular complexity index is 559. The van der Waals surface area contributed by atoms with Crippen LogP contribution < -0.4 is 10.6 Å². The molecule has 0 amide bonds. The minimum absolute atomic E-state index is 0. The zero-order valence-corrected chi connectivity index (χ0v) is 19.5. The van der Waals surface area contributed by atoms with Crippen molar-refractivity contribution in [3.8, 4) is 0 Å². The molecule has 2 rings (SSSR count). The van der Waals surface area contributed by atoms with Crippen LogP contribution in [-0.4, -0.2) is 56.3 Å². The number of hydrogen-bond acceptors (Lipinski definition) is 3. The van der Waals surface area contributed by atoms with Gasteiger partial charge in [-0.25, -0.2) is 0 Å². The van der Waals surface area contributed by atoms with E-state index in [-0.39, 0.29) is 24.0 Å². The van der Waals surface area contributed by atoms with Crippen LogP contribution in [0.25, 0.3) is 0 Å². The number of nitrogens with one attached hydrogen (secondary N) is 2. The quantitative estimate of drug-likeness (QED) is 0.203. The van der Waals surface area contributed by atoms with E-state index in [2.05, 4.69) is 22.5 Å². The molecule has 0 radical (unpaired) electrons. The topological polar surface area (TPSA) is 52.8 Å². The van der Waals surface area contributed by atoms with Crippen LogP contribution in [0.15, 0.2) is 27.8 Å². The average Bonchev–Trinajstić information content (AvgIpc) is 3.15. The second-order valence-electron chi connectivity index (χ2n) is 7.39. The predicted molar refractivity (Wildman–Crippen MR) is 121 cm³/mol. The van der Waals surface area contributed by atoms with E-state index in [1.165, 1.54) is 4.90 Å². The Hall–Kier alpha value is -0.970. The highest BCUT2D eigenvalue weighted by Crippen LogP contribution is 2.23. The van der Waals surface area contributed by atoms with E-state index in [0.717, 1.165) is 69.9 Å². The maximum Gasteiger partial charge on any atom is 0.401 e. The van der Waals surface area contributed by atoms with Crippen molar-refractivity contribution < 1.29 is 17.6 Å². The Kier molecular flexibility index (Phi) is 12.7. The second kappa shape index (κ2) is 14.1. The molecule has 9 heteroatoms. The number of guanidine groups is 1. The van der Waals surface area contributed by atoms with Crippen LogP contribution in [0.2, 0.25) is 0 Å². The Morgan fingerprint density at radius 2 is 1.97 bits per heavy atom. The Morgan fingerprint density at radius 1 is 1.24 bits per heavy atom. The van der Waals surface area contributed by atoms with Crippen LogP contribution >= 0.6 is 24.0 Å². The lowest BCUT2D eigenvalue weighted by atomic mass is 9.93. The lowest BCUT2D eigenvalue weighted by molar-refractivity contribution is -0.148. The summed E-state index contributed by atoms with van der Waals surface area (Å²) in [5.41, 5.74) is 0. The first-order valence-corrected chi connectivity index (χ1v) is 10.3. The van der Waals surface area contributed by atoms with Crippen LogP contribution in [-0.2, 0) is 6.42 Å². The van der Waals surface area contributed by atoms with Gasteiger partial charge in [-0.1, -0.05) is 13.3 Å². The predicted octanol–water partition coefficient (Wildman–Crippen LogP) is 4.44. The van der Waals surface area contributed by atoms with E-state index >= 15 is 0 Å². The van der Waals surface area contributed by atoms with Crippen molar-refractivity contribution in [3.05, 3.63) is 24.2 Å². The number of likely N-dealkylation sites (tertiary alicyclic amines) is 1. The first-order valence-electron chi connectivity index (χ1n) is 10.3. The van der Waals surface area contributed by atoms with E-state index in [0.29, 0.717) is 19.0 Å². The Morgan fingerprint density at radius 3 is 2.59 bits per heavy atom. The molecule has 1 saturated heterocycles. The van der Waals surface area contributed by atoms with Gasteiger partial charge in [-0.15, -0.1) is 24.0 Å². The summed E-state index contributed by atoms with van der Waals surface area (Å²) in [5, 5.41) is 6.70. The molecular weight excluding hydrogens is 496 g/mol. The van der Waals surface area contributed by atoms with Gasteiger partial charge in [-0.2, -0.15) is 13.2 Å². The molecule has 2 heterocycles. The molecule has 168 valence electrons. The van der Waals surface area contributed by atoms with Crippen LogP contribution in [0.1, 0.15) is 44.8 Å². The van der Waals surface area contributed by atoms with Gasteiger partial charge in [-0.3, -0.25) is 9.89 Å². The summed E-state index contributed by atoms with van der Waals surface area (Å²) < 4.78 is 42.7. The normalized spacial score (nSPS) is 16.5. The fourth-order valence-corrected chi connectivity index (χ4v) is 3.36. The summed E-state index contributed by atoms with van der Waals surface area (Å²) in [4.78, 5) is 6.11. The number of aliphatic imine (C=N–C) groups is 1. The number of halogens is 4. The van der Waals surface area contributed by atoms with E-state index in [1.54, 1.807) is 6.26 Å². The van der Waals surface area contributed by atoms with Gasteiger partial charge in [0.05, 0.1) is 12.8 Å². The number of alkyl halides is 3. The summed E-state index contributed by atoms with van der Waals surface area (Å²) >= 11 is 0. The molecule has 0 aliphatic carbocycles. The minimum atomic E-state index is -4.10. The van der Waals surface area contributed by atoms with Gasteiger partial charge in [0, 0.05) is 26.1 Å². The first kappa shape index (κ1) is 26.1. The molecule has 0 unspecified atom stereocenters. The van der Waals surface area contributed by atoms with Gasteiger partial charge in [0.15, 0.2) is 5.96 Å². The molecule has 1 aromatic rings. The third-order valence-corrected chi connectivity index (χ3v) is 4.98. The number of piperidine rings is 1. The molecule has 0 aromatic carbocycles. The van der Waals surface area contributed by atoms with E-state index in [4.69, 9.17) is 4.42 Å². The standard InChI is InChI=1S/C20H33F3N4O.HI/c1-2-3-10-24-19(26-12-7-18-5-4-15-28-18)25-11-6-17-8-13-27(14-9-17)16-20(21,22)23;/h4-5,15,17H,2-3,6-14,16H2,1H3,(H2,24,25,26);1H.